The predicted molar refractivity (Wildman–Crippen MR) is 107 cm³/mol. The van der Waals surface area contributed by atoms with Crippen LogP contribution in [0.15, 0.2) is 54.6 Å². The van der Waals surface area contributed by atoms with E-state index in [2.05, 4.69) is 10.7 Å². The molecule has 29 heavy (non-hydrogen) atoms. The van der Waals surface area contributed by atoms with Crippen molar-refractivity contribution in [2.75, 3.05) is 6.61 Å². The van der Waals surface area contributed by atoms with Gasteiger partial charge in [-0.05, 0) is 24.5 Å². The zero-order valence-corrected chi connectivity index (χ0v) is 16.0. The molecule has 1 spiro atoms. The highest BCUT2D eigenvalue weighted by Crippen LogP contribution is 2.33. The van der Waals surface area contributed by atoms with E-state index in [-0.39, 0.29) is 12.5 Å². The summed E-state index contributed by atoms with van der Waals surface area (Å²) in [6, 6.07) is 16.5. The van der Waals surface area contributed by atoms with Crippen molar-refractivity contribution in [2.24, 2.45) is 0 Å². The number of benzene rings is 2. The number of hydrogen-bond acceptors (Lipinski definition) is 4. The van der Waals surface area contributed by atoms with Crippen molar-refractivity contribution in [3.05, 3.63) is 54.6 Å². The van der Waals surface area contributed by atoms with Gasteiger partial charge in [-0.3, -0.25) is 15.0 Å². The van der Waals surface area contributed by atoms with Crippen molar-refractivity contribution in [1.29, 1.82) is 0 Å². The fraction of sp³-hybridized carbons (Fsp3) is 0.318. The lowest BCUT2D eigenvalue weighted by Crippen LogP contribution is -2.51. The summed E-state index contributed by atoms with van der Waals surface area (Å²) in [4.78, 5) is 37.3. The van der Waals surface area contributed by atoms with E-state index >= 15 is 0 Å². The second-order valence-electron chi connectivity index (χ2n) is 7.40. The van der Waals surface area contributed by atoms with Gasteiger partial charge in [0.2, 0.25) is 0 Å². The van der Waals surface area contributed by atoms with Gasteiger partial charge in [-0.25, -0.2) is 4.79 Å². The molecule has 1 saturated heterocycles. The molecule has 0 atom stereocenters. The number of urea groups is 1. The zero-order chi connectivity index (χ0) is 20.3. The molecule has 0 aromatic heterocycles. The molecule has 0 bridgehead atoms. The maximum absolute atomic E-state index is 12.7. The van der Waals surface area contributed by atoms with Crippen LogP contribution in [0.5, 0.6) is 5.75 Å². The molecule has 2 aromatic carbocycles. The minimum Gasteiger partial charge on any atom is -0.483 e. The normalized spacial score (nSPS) is 17.9. The topological polar surface area (TPSA) is 87.7 Å². The van der Waals surface area contributed by atoms with Gasteiger partial charge in [-0.15, -0.1) is 0 Å². The van der Waals surface area contributed by atoms with Crippen molar-refractivity contribution in [2.45, 2.75) is 37.6 Å². The molecule has 1 aliphatic heterocycles. The van der Waals surface area contributed by atoms with Crippen LogP contribution in [0.2, 0.25) is 0 Å². The summed E-state index contributed by atoms with van der Waals surface area (Å²) in [6.07, 6.45) is 4.02. The number of ether oxygens (including phenoxy) is 1. The van der Waals surface area contributed by atoms with Crippen LogP contribution in [0.4, 0.5) is 4.79 Å². The third-order valence-electron chi connectivity index (χ3n) is 5.44. The average molecular weight is 393 g/mol. The number of nitrogens with one attached hydrogen (secondary N) is 2. The number of hydrazine groups is 1. The van der Waals surface area contributed by atoms with Gasteiger partial charge in [0.15, 0.2) is 6.61 Å². The van der Waals surface area contributed by atoms with Gasteiger partial charge < -0.3 is 10.1 Å². The molecular weight excluding hydrogens is 370 g/mol. The van der Waals surface area contributed by atoms with Crippen LogP contribution < -0.4 is 15.5 Å². The van der Waals surface area contributed by atoms with Crippen LogP contribution in [-0.2, 0) is 9.59 Å². The van der Waals surface area contributed by atoms with E-state index < -0.39 is 17.5 Å². The first-order chi connectivity index (χ1) is 14.1. The molecule has 2 aromatic rings. The molecular formula is C22H23N3O4. The van der Waals surface area contributed by atoms with Gasteiger partial charge in [-0.2, -0.15) is 5.01 Å². The zero-order valence-electron chi connectivity index (χ0n) is 16.0. The first-order valence-corrected chi connectivity index (χ1v) is 9.82. The Morgan fingerprint density at radius 3 is 2.45 bits per heavy atom. The molecule has 0 radical (unpaired) electrons. The maximum atomic E-state index is 12.7. The Balaban J connectivity index is 1.40. The molecule has 1 saturated carbocycles. The molecule has 7 nitrogen and oxygen atoms in total. The summed E-state index contributed by atoms with van der Waals surface area (Å²) in [6.45, 7) is -0.312. The quantitative estimate of drug-likeness (QED) is 0.765. The minimum absolute atomic E-state index is 0.312. The third-order valence-corrected chi connectivity index (χ3v) is 5.44. The number of amides is 4. The van der Waals surface area contributed by atoms with Crippen LogP contribution in [-0.4, -0.2) is 35.0 Å². The van der Waals surface area contributed by atoms with Crippen molar-refractivity contribution in [3.8, 4) is 16.9 Å². The van der Waals surface area contributed by atoms with Crippen LogP contribution in [0.3, 0.4) is 0 Å². The lowest BCUT2D eigenvalue weighted by Gasteiger charge is -2.30. The Kier molecular flexibility index (Phi) is 5.20. The molecule has 4 amide bonds. The van der Waals surface area contributed by atoms with E-state index in [9.17, 15) is 14.4 Å². The molecule has 7 heteroatoms. The van der Waals surface area contributed by atoms with E-state index in [1.807, 2.05) is 48.5 Å². The van der Waals surface area contributed by atoms with Crippen LogP contribution in [0.25, 0.3) is 11.1 Å². The number of hydrogen-bond donors (Lipinski definition) is 2. The monoisotopic (exact) mass is 393 g/mol. The Morgan fingerprint density at radius 2 is 1.69 bits per heavy atom. The maximum Gasteiger partial charge on any atom is 0.344 e. The number of nitrogens with zero attached hydrogens (tertiary/aromatic N) is 1. The van der Waals surface area contributed by atoms with Crippen LogP contribution in [0.1, 0.15) is 32.1 Å². The highest BCUT2D eigenvalue weighted by molar-refractivity contribution is 6.08. The average Bonchev–Trinajstić information content (AvgIpc) is 2.97. The summed E-state index contributed by atoms with van der Waals surface area (Å²) < 4.78 is 5.69. The summed E-state index contributed by atoms with van der Waals surface area (Å²) in [7, 11) is 0. The van der Waals surface area contributed by atoms with Crippen molar-refractivity contribution < 1.29 is 19.1 Å². The predicted octanol–water partition coefficient (Wildman–Crippen LogP) is 3.02. The number of para-hydroxylation sites is 1. The van der Waals surface area contributed by atoms with Crippen molar-refractivity contribution >= 4 is 17.8 Å². The standard InChI is InChI=1S/C22H23N3O4/c26-19(24-25-20(27)22(23-21(25)28)13-7-2-8-14-22)15-29-18-12-6-5-11-17(18)16-9-3-1-4-10-16/h1,3-6,9-12H,2,7-8,13-15H2,(H,23,28)(H,24,26). The lowest BCUT2D eigenvalue weighted by molar-refractivity contribution is -0.140. The molecule has 0 unspecified atom stereocenters. The van der Waals surface area contributed by atoms with Gasteiger partial charge in [0.1, 0.15) is 11.3 Å². The largest absolute Gasteiger partial charge is 0.483 e. The van der Waals surface area contributed by atoms with Gasteiger partial charge in [0.05, 0.1) is 0 Å². The molecule has 1 aliphatic carbocycles. The Morgan fingerprint density at radius 1 is 1.00 bits per heavy atom. The van der Waals surface area contributed by atoms with Crippen LogP contribution >= 0.6 is 0 Å². The number of rotatable bonds is 5. The van der Waals surface area contributed by atoms with Gasteiger partial charge >= 0.3 is 6.03 Å². The van der Waals surface area contributed by atoms with Crippen molar-refractivity contribution in [1.82, 2.24) is 15.8 Å². The first kappa shape index (κ1) is 19.0. The Labute approximate surface area is 169 Å². The second kappa shape index (κ2) is 7.95. The fourth-order valence-electron chi connectivity index (χ4n) is 3.97. The highest BCUT2D eigenvalue weighted by atomic mass is 16.5. The molecule has 4 rings (SSSR count). The highest BCUT2D eigenvalue weighted by Gasteiger charge is 2.52. The third kappa shape index (κ3) is 3.81. The first-order valence-electron chi connectivity index (χ1n) is 9.82. The second-order valence-corrected chi connectivity index (χ2v) is 7.40. The summed E-state index contributed by atoms with van der Waals surface area (Å²) in [5, 5.41) is 3.55. The molecule has 2 fully saturated rings. The van der Waals surface area contributed by atoms with E-state index in [1.54, 1.807) is 6.07 Å². The van der Waals surface area contributed by atoms with E-state index in [0.717, 1.165) is 35.4 Å². The molecule has 2 N–H and O–H groups in total. The van der Waals surface area contributed by atoms with Gasteiger partial charge in [0.25, 0.3) is 11.8 Å². The Bertz CT molecular complexity index is 923. The SMILES string of the molecule is O=C(COc1ccccc1-c1ccccc1)NN1C(=O)NC2(CCCCC2)C1=O. The summed E-state index contributed by atoms with van der Waals surface area (Å²) >= 11 is 0. The molecule has 1 heterocycles. The summed E-state index contributed by atoms with van der Waals surface area (Å²) in [5.41, 5.74) is 3.34. The molecule has 2 aliphatic rings. The summed E-state index contributed by atoms with van der Waals surface area (Å²) in [5.74, 6) is -0.403. The number of carbonyl (C=O) groups excluding carboxylic acids is 3. The smallest absolute Gasteiger partial charge is 0.344 e. The van der Waals surface area contributed by atoms with Gasteiger partial charge in [-0.1, -0.05) is 67.8 Å². The van der Waals surface area contributed by atoms with E-state index in [1.165, 1.54) is 0 Å². The number of imide groups is 1. The van der Waals surface area contributed by atoms with Crippen LogP contribution in [0, 0.1) is 0 Å². The number of carbonyl (C=O) groups is 3. The van der Waals surface area contributed by atoms with E-state index in [4.69, 9.17) is 4.74 Å². The van der Waals surface area contributed by atoms with Crippen molar-refractivity contribution in [3.63, 3.8) is 0 Å². The molecule has 150 valence electrons. The van der Waals surface area contributed by atoms with Gasteiger partial charge in [0, 0.05) is 5.56 Å². The lowest BCUT2D eigenvalue weighted by atomic mass is 9.82. The fourth-order valence-corrected chi connectivity index (χ4v) is 3.97. The Hall–Kier alpha value is -3.35. The minimum atomic E-state index is -0.872. The van der Waals surface area contributed by atoms with E-state index in [0.29, 0.717) is 18.6 Å².